The van der Waals surface area contributed by atoms with E-state index in [0.29, 0.717) is 6.04 Å². The SMILES string of the molecule is CC(C)NC1=C2C3CC2C3=CC1. The minimum absolute atomic E-state index is 0.599. The van der Waals surface area contributed by atoms with Crippen molar-refractivity contribution in [2.75, 3.05) is 0 Å². The fourth-order valence-electron chi connectivity index (χ4n) is 2.72. The predicted octanol–water partition coefficient (Wildman–Crippen LogP) is 2.22. The first-order valence-corrected chi connectivity index (χ1v) is 4.97. The zero-order chi connectivity index (χ0) is 8.29. The maximum absolute atomic E-state index is 3.57. The molecule has 3 saturated carbocycles. The second-order valence-electron chi connectivity index (χ2n) is 4.48. The Labute approximate surface area is 73.5 Å². The van der Waals surface area contributed by atoms with Crippen LogP contribution in [0.25, 0.3) is 0 Å². The number of hydrogen-bond acceptors (Lipinski definition) is 1. The molecule has 1 nitrogen and oxygen atoms in total. The third kappa shape index (κ3) is 0.611. The van der Waals surface area contributed by atoms with Gasteiger partial charge >= 0.3 is 0 Å². The maximum atomic E-state index is 3.57. The fourth-order valence-corrected chi connectivity index (χ4v) is 2.72. The molecule has 0 aliphatic heterocycles. The highest BCUT2D eigenvalue weighted by Crippen LogP contribution is 2.65. The fraction of sp³-hybridized carbons (Fsp3) is 0.636. The number of rotatable bonds is 2. The predicted molar refractivity (Wildman–Crippen MR) is 49.6 cm³/mol. The first kappa shape index (κ1) is 6.76. The van der Waals surface area contributed by atoms with E-state index >= 15 is 0 Å². The largest absolute Gasteiger partial charge is 0.386 e. The van der Waals surface area contributed by atoms with Crippen LogP contribution < -0.4 is 5.32 Å². The average Bonchev–Trinajstić information content (AvgIpc) is 1.79. The molecule has 64 valence electrons. The quantitative estimate of drug-likeness (QED) is 0.612. The first-order valence-electron chi connectivity index (χ1n) is 4.97. The third-order valence-corrected chi connectivity index (χ3v) is 3.38. The summed E-state index contributed by atoms with van der Waals surface area (Å²) in [6, 6.07) is 0.599. The molecular formula is C11H15N. The molecule has 0 spiro atoms. The van der Waals surface area contributed by atoms with Crippen LogP contribution >= 0.6 is 0 Å². The lowest BCUT2D eigenvalue weighted by Gasteiger charge is -2.59. The molecule has 1 heteroatoms. The Morgan fingerprint density at radius 1 is 1.42 bits per heavy atom. The monoisotopic (exact) mass is 161 g/mol. The zero-order valence-electron chi connectivity index (χ0n) is 7.72. The lowest BCUT2D eigenvalue weighted by atomic mass is 9.46. The molecule has 0 heterocycles. The summed E-state index contributed by atoms with van der Waals surface area (Å²) in [5.41, 5.74) is 5.04. The minimum Gasteiger partial charge on any atom is -0.386 e. The van der Waals surface area contributed by atoms with Crippen molar-refractivity contribution < 1.29 is 0 Å². The minimum atomic E-state index is 0.599. The normalized spacial score (nSPS) is 35.8. The Morgan fingerprint density at radius 2 is 2.17 bits per heavy atom. The molecule has 4 bridgehead atoms. The van der Waals surface area contributed by atoms with Crippen LogP contribution in [0.15, 0.2) is 22.9 Å². The van der Waals surface area contributed by atoms with Gasteiger partial charge < -0.3 is 5.32 Å². The van der Waals surface area contributed by atoms with Gasteiger partial charge in [-0.2, -0.15) is 0 Å². The molecule has 0 saturated heterocycles. The van der Waals surface area contributed by atoms with E-state index in [4.69, 9.17) is 0 Å². The van der Waals surface area contributed by atoms with Crippen molar-refractivity contribution in [3.05, 3.63) is 22.9 Å². The maximum Gasteiger partial charge on any atom is 0.0201 e. The van der Waals surface area contributed by atoms with Crippen LogP contribution in [0.1, 0.15) is 26.7 Å². The number of hydrogen-bond donors (Lipinski definition) is 1. The highest BCUT2D eigenvalue weighted by atomic mass is 14.9. The number of allylic oxidation sites excluding steroid dienone is 3. The summed E-state index contributed by atoms with van der Waals surface area (Å²) in [7, 11) is 0. The Bertz CT molecular complexity index is 282. The second-order valence-corrected chi connectivity index (χ2v) is 4.48. The summed E-state index contributed by atoms with van der Waals surface area (Å²) in [5, 5.41) is 3.57. The van der Waals surface area contributed by atoms with Crippen molar-refractivity contribution in [3.63, 3.8) is 0 Å². The molecule has 3 fully saturated rings. The van der Waals surface area contributed by atoms with Gasteiger partial charge in [0.25, 0.3) is 0 Å². The van der Waals surface area contributed by atoms with Crippen molar-refractivity contribution in [1.29, 1.82) is 0 Å². The molecule has 0 radical (unpaired) electrons. The van der Waals surface area contributed by atoms with E-state index in [0.717, 1.165) is 11.8 Å². The van der Waals surface area contributed by atoms with E-state index in [9.17, 15) is 0 Å². The first-order chi connectivity index (χ1) is 5.77. The van der Waals surface area contributed by atoms with Crippen molar-refractivity contribution in [1.82, 2.24) is 5.32 Å². The molecule has 0 aromatic rings. The van der Waals surface area contributed by atoms with Crippen LogP contribution in [0.5, 0.6) is 0 Å². The number of nitrogens with one attached hydrogen (secondary N) is 1. The van der Waals surface area contributed by atoms with E-state index in [1.54, 1.807) is 16.8 Å². The van der Waals surface area contributed by atoms with E-state index in [1.165, 1.54) is 12.8 Å². The molecule has 12 heavy (non-hydrogen) atoms. The van der Waals surface area contributed by atoms with E-state index in [1.807, 2.05) is 0 Å². The van der Waals surface area contributed by atoms with Crippen LogP contribution in [-0.4, -0.2) is 6.04 Å². The standard InChI is InChI=1S/C11H15N/c1-6(2)12-10-4-3-7-8-5-9(7)11(8)10/h3,6,8-9,12H,4-5H2,1-2H3. The van der Waals surface area contributed by atoms with Gasteiger partial charge in [-0.05, 0) is 25.8 Å². The highest BCUT2D eigenvalue weighted by Gasteiger charge is 2.55. The van der Waals surface area contributed by atoms with Gasteiger partial charge in [0.15, 0.2) is 0 Å². The van der Waals surface area contributed by atoms with Gasteiger partial charge in [-0.1, -0.05) is 11.6 Å². The Balaban J connectivity index is 1.84. The Hall–Kier alpha value is -0.720. The van der Waals surface area contributed by atoms with Gasteiger partial charge in [0.1, 0.15) is 0 Å². The lowest BCUT2D eigenvalue weighted by Crippen LogP contribution is -2.50. The van der Waals surface area contributed by atoms with E-state index in [-0.39, 0.29) is 0 Å². The van der Waals surface area contributed by atoms with Gasteiger partial charge in [-0.3, -0.25) is 0 Å². The van der Waals surface area contributed by atoms with Crippen molar-refractivity contribution in [2.45, 2.75) is 32.7 Å². The third-order valence-electron chi connectivity index (χ3n) is 3.38. The molecule has 4 aliphatic rings. The van der Waals surface area contributed by atoms with Gasteiger partial charge in [0, 0.05) is 30.0 Å². The van der Waals surface area contributed by atoms with Crippen LogP contribution in [-0.2, 0) is 0 Å². The van der Waals surface area contributed by atoms with Gasteiger partial charge in [-0.25, -0.2) is 0 Å². The van der Waals surface area contributed by atoms with Crippen LogP contribution in [0.2, 0.25) is 0 Å². The van der Waals surface area contributed by atoms with E-state index in [2.05, 4.69) is 25.2 Å². The summed E-state index contributed by atoms with van der Waals surface area (Å²) in [6.45, 7) is 4.44. The summed E-state index contributed by atoms with van der Waals surface area (Å²) in [5.74, 6) is 1.79. The van der Waals surface area contributed by atoms with Crippen LogP contribution in [0.4, 0.5) is 0 Å². The lowest BCUT2D eigenvalue weighted by molar-refractivity contribution is 0.233. The van der Waals surface area contributed by atoms with Crippen molar-refractivity contribution in [2.24, 2.45) is 11.8 Å². The average molecular weight is 161 g/mol. The van der Waals surface area contributed by atoms with Gasteiger partial charge in [0.2, 0.25) is 0 Å². The molecule has 0 aromatic carbocycles. The van der Waals surface area contributed by atoms with E-state index < -0.39 is 0 Å². The molecule has 0 amide bonds. The van der Waals surface area contributed by atoms with Gasteiger partial charge in [0.05, 0.1) is 0 Å². The molecule has 4 rings (SSSR count). The second kappa shape index (κ2) is 1.95. The molecular weight excluding hydrogens is 146 g/mol. The summed E-state index contributed by atoms with van der Waals surface area (Å²) in [4.78, 5) is 0. The summed E-state index contributed by atoms with van der Waals surface area (Å²) >= 11 is 0. The summed E-state index contributed by atoms with van der Waals surface area (Å²) < 4.78 is 0. The smallest absolute Gasteiger partial charge is 0.0201 e. The summed E-state index contributed by atoms with van der Waals surface area (Å²) in [6.07, 6.45) is 5.07. The molecule has 0 aromatic heterocycles. The molecule has 4 aliphatic carbocycles. The Kier molecular flexibility index (Phi) is 1.10. The zero-order valence-corrected chi connectivity index (χ0v) is 7.72. The topological polar surface area (TPSA) is 12.0 Å². The van der Waals surface area contributed by atoms with Crippen LogP contribution in [0.3, 0.4) is 0 Å². The molecule has 2 unspecified atom stereocenters. The molecule has 2 atom stereocenters. The highest BCUT2D eigenvalue weighted by molar-refractivity contribution is 5.56. The van der Waals surface area contributed by atoms with Crippen molar-refractivity contribution >= 4 is 0 Å². The van der Waals surface area contributed by atoms with Gasteiger partial charge in [-0.15, -0.1) is 0 Å². The molecule has 1 N–H and O–H groups in total. The Morgan fingerprint density at radius 3 is 2.67 bits per heavy atom. The van der Waals surface area contributed by atoms with Crippen LogP contribution in [0, 0.1) is 11.8 Å². The van der Waals surface area contributed by atoms with Crippen molar-refractivity contribution in [3.8, 4) is 0 Å².